The Labute approximate surface area is 121 Å². The van der Waals surface area contributed by atoms with E-state index in [1.165, 1.54) is 7.05 Å². The van der Waals surface area contributed by atoms with Gasteiger partial charge in [-0.05, 0) is 24.7 Å². The Morgan fingerprint density at radius 1 is 1.14 bits per heavy atom. The Bertz CT molecular complexity index is 616. The molecule has 0 saturated heterocycles. The maximum Gasteiger partial charge on any atom is 0.434 e. The van der Waals surface area contributed by atoms with Crippen molar-refractivity contribution in [2.24, 2.45) is 0 Å². The topological polar surface area (TPSA) is 24.9 Å². The summed E-state index contributed by atoms with van der Waals surface area (Å²) in [5, 5.41) is 2.81. The van der Waals surface area contributed by atoms with E-state index in [4.69, 9.17) is 0 Å². The third-order valence-electron chi connectivity index (χ3n) is 2.63. The normalized spacial score (nSPS) is 11.9. The molecule has 21 heavy (non-hydrogen) atoms. The van der Waals surface area contributed by atoms with Crippen molar-refractivity contribution in [1.29, 1.82) is 0 Å². The molecular formula is C13H11F5N2S. The van der Waals surface area contributed by atoms with Crippen LogP contribution in [-0.4, -0.2) is 12.0 Å². The number of thiazole rings is 1. The molecule has 0 aliphatic heterocycles. The van der Waals surface area contributed by atoms with E-state index < -0.39 is 23.5 Å². The van der Waals surface area contributed by atoms with Crippen molar-refractivity contribution in [2.75, 3.05) is 7.05 Å². The van der Waals surface area contributed by atoms with E-state index >= 15 is 0 Å². The predicted molar refractivity (Wildman–Crippen MR) is 69.0 cm³/mol. The molecule has 1 aromatic heterocycles. The first-order valence-electron chi connectivity index (χ1n) is 5.95. The summed E-state index contributed by atoms with van der Waals surface area (Å²) in [4.78, 5) is 3.62. The molecule has 2 aromatic rings. The summed E-state index contributed by atoms with van der Waals surface area (Å²) >= 11 is 0.879. The van der Waals surface area contributed by atoms with Crippen molar-refractivity contribution < 1.29 is 22.0 Å². The second-order valence-corrected chi connectivity index (χ2v) is 5.53. The van der Waals surface area contributed by atoms with Crippen molar-refractivity contribution >= 4 is 11.3 Å². The van der Waals surface area contributed by atoms with Crippen LogP contribution in [0.4, 0.5) is 22.0 Å². The van der Waals surface area contributed by atoms with Gasteiger partial charge in [0.1, 0.15) is 11.6 Å². The van der Waals surface area contributed by atoms with E-state index in [0.717, 1.165) is 23.5 Å². The third kappa shape index (κ3) is 3.98. The molecule has 0 saturated carbocycles. The van der Waals surface area contributed by atoms with Gasteiger partial charge < -0.3 is 5.32 Å². The molecule has 0 unspecified atom stereocenters. The standard InChI is InChI=1S/C13H11F5N2S/c1-19-6-10-12(13(16,17)18)20-11(21-10)4-7-2-8(14)5-9(15)3-7/h2-3,5,19H,4,6H2,1H3. The Hall–Kier alpha value is -1.54. The fraction of sp³-hybridized carbons (Fsp3) is 0.308. The van der Waals surface area contributed by atoms with Crippen LogP contribution in [0.2, 0.25) is 0 Å². The quantitative estimate of drug-likeness (QED) is 0.867. The van der Waals surface area contributed by atoms with Gasteiger partial charge in [0, 0.05) is 19.0 Å². The lowest BCUT2D eigenvalue weighted by Crippen LogP contribution is -2.12. The summed E-state index contributed by atoms with van der Waals surface area (Å²) in [7, 11) is 1.53. The Morgan fingerprint density at radius 2 is 1.76 bits per heavy atom. The SMILES string of the molecule is CNCc1sc(Cc2cc(F)cc(F)c2)nc1C(F)(F)F. The first kappa shape index (κ1) is 15.8. The molecule has 0 radical (unpaired) electrons. The second-order valence-electron chi connectivity index (χ2n) is 4.36. The largest absolute Gasteiger partial charge is 0.434 e. The van der Waals surface area contributed by atoms with E-state index in [1.54, 1.807) is 0 Å². The lowest BCUT2D eigenvalue weighted by Gasteiger charge is -2.04. The Kier molecular flexibility index (Phi) is 4.58. The van der Waals surface area contributed by atoms with Crippen molar-refractivity contribution in [3.8, 4) is 0 Å². The highest BCUT2D eigenvalue weighted by atomic mass is 32.1. The molecule has 2 rings (SSSR count). The van der Waals surface area contributed by atoms with E-state index in [-0.39, 0.29) is 28.4 Å². The minimum atomic E-state index is -4.55. The van der Waals surface area contributed by atoms with Crippen LogP contribution in [0.25, 0.3) is 0 Å². The van der Waals surface area contributed by atoms with Gasteiger partial charge in [-0.25, -0.2) is 13.8 Å². The predicted octanol–water partition coefficient (Wildman–Crippen LogP) is 3.75. The zero-order valence-electron chi connectivity index (χ0n) is 10.9. The lowest BCUT2D eigenvalue weighted by molar-refractivity contribution is -0.141. The molecule has 1 aromatic carbocycles. The van der Waals surface area contributed by atoms with Gasteiger partial charge in [-0.15, -0.1) is 11.3 Å². The molecule has 0 aliphatic carbocycles. The van der Waals surface area contributed by atoms with Gasteiger partial charge in [0.05, 0.1) is 9.88 Å². The fourth-order valence-electron chi connectivity index (χ4n) is 1.87. The minimum absolute atomic E-state index is 0.0318. The van der Waals surface area contributed by atoms with E-state index in [9.17, 15) is 22.0 Å². The molecule has 0 amide bonds. The smallest absolute Gasteiger partial charge is 0.315 e. The number of alkyl halides is 3. The van der Waals surface area contributed by atoms with E-state index in [2.05, 4.69) is 10.3 Å². The monoisotopic (exact) mass is 322 g/mol. The van der Waals surface area contributed by atoms with Gasteiger partial charge in [0.15, 0.2) is 5.69 Å². The molecule has 0 atom stereocenters. The van der Waals surface area contributed by atoms with Crippen LogP contribution in [0.3, 0.4) is 0 Å². The molecule has 0 bridgehead atoms. The van der Waals surface area contributed by atoms with Crippen molar-refractivity contribution in [3.05, 3.63) is 51.0 Å². The number of nitrogens with one attached hydrogen (secondary N) is 1. The zero-order chi connectivity index (χ0) is 15.6. The molecule has 2 nitrogen and oxygen atoms in total. The first-order chi connectivity index (χ1) is 9.79. The molecular weight excluding hydrogens is 311 g/mol. The van der Waals surface area contributed by atoms with Crippen LogP contribution in [0.5, 0.6) is 0 Å². The van der Waals surface area contributed by atoms with Crippen LogP contribution < -0.4 is 5.32 Å². The maximum atomic E-state index is 13.1. The molecule has 1 N–H and O–H groups in total. The van der Waals surface area contributed by atoms with Crippen LogP contribution in [0.1, 0.15) is 21.1 Å². The second kappa shape index (κ2) is 6.07. The van der Waals surface area contributed by atoms with Crippen LogP contribution in [0.15, 0.2) is 18.2 Å². The highest BCUT2D eigenvalue weighted by Gasteiger charge is 2.37. The summed E-state index contributed by atoms with van der Waals surface area (Å²) in [6, 6.07) is 2.86. The fourth-order valence-corrected chi connectivity index (χ4v) is 3.00. The van der Waals surface area contributed by atoms with Gasteiger partial charge in [0.2, 0.25) is 0 Å². The van der Waals surface area contributed by atoms with Gasteiger partial charge in [0.25, 0.3) is 0 Å². The highest BCUT2D eigenvalue weighted by Crippen LogP contribution is 2.35. The van der Waals surface area contributed by atoms with Crippen molar-refractivity contribution in [3.63, 3.8) is 0 Å². The number of hydrogen-bond donors (Lipinski definition) is 1. The summed E-state index contributed by atoms with van der Waals surface area (Å²) < 4.78 is 64.7. The zero-order valence-corrected chi connectivity index (χ0v) is 11.7. The maximum absolute atomic E-state index is 13.1. The molecule has 0 aliphatic rings. The average molecular weight is 322 g/mol. The Morgan fingerprint density at radius 3 is 2.29 bits per heavy atom. The number of nitrogens with zero attached hydrogens (tertiary/aromatic N) is 1. The van der Waals surface area contributed by atoms with Gasteiger partial charge in [-0.2, -0.15) is 13.2 Å². The first-order valence-corrected chi connectivity index (χ1v) is 6.76. The van der Waals surface area contributed by atoms with Gasteiger partial charge in [-0.1, -0.05) is 0 Å². The number of benzene rings is 1. The van der Waals surface area contributed by atoms with E-state index in [0.29, 0.717) is 6.07 Å². The van der Waals surface area contributed by atoms with Crippen LogP contribution in [0, 0.1) is 11.6 Å². The van der Waals surface area contributed by atoms with Gasteiger partial charge in [-0.3, -0.25) is 0 Å². The summed E-state index contributed by atoms with van der Waals surface area (Å²) in [5.41, 5.74) is -0.709. The number of hydrogen-bond acceptors (Lipinski definition) is 3. The average Bonchev–Trinajstić information content (AvgIpc) is 2.70. The molecule has 0 spiro atoms. The van der Waals surface area contributed by atoms with Crippen LogP contribution in [-0.2, 0) is 19.1 Å². The summed E-state index contributed by atoms with van der Waals surface area (Å²) in [5.74, 6) is -1.54. The Balaban J connectivity index is 2.32. The molecule has 8 heteroatoms. The van der Waals surface area contributed by atoms with Crippen LogP contribution >= 0.6 is 11.3 Å². The number of halogens is 5. The summed E-state index contributed by atoms with van der Waals surface area (Å²) in [6.45, 7) is 0.0318. The lowest BCUT2D eigenvalue weighted by atomic mass is 10.1. The number of rotatable bonds is 4. The van der Waals surface area contributed by atoms with Crippen molar-refractivity contribution in [1.82, 2.24) is 10.3 Å². The molecule has 0 fully saturated rings. The summed E-state index contributed by atoms with van der Waals surface area (Å²) in [6.07, 6.45) is -4.60. The third-order valence-corrected chi connectivity index (χ3v) is 3.68. The molecule has 1 heterocycles. The highest BCUT2D eigenvalue weighted by molar-refractivity contribution is 7.11. The number of aromatic nitrogens is 1. The minimum Gasteiger partial charge on any atom is -0.315 e. The molecule has 114 valence electrons. The van der Waals surface area contributed by atoms with Gasteiger partial charge >= 0.3 is 6.18 Å². The van der Waals surface area contributed by atoms with Crippen molar-refractivity contribution in [2.45, 2.75) is 19.1 Å². The van der Waals surface area contributed by atoms with E-state index in [1.807, 2.05) is 0 Å².